The molecule has 0 saturated carbocycles. The van der Waals surface area contributed by atoms with Gasteiger partial charge >= 0.3 is 0 Å². The van der Waals surface area contributed by atoms with Crippen LogP contribution in [0.5, 0.6) is 0 Å². The van der Waals surface area contributed by atoms with Crippen LogP contribution in [0.4, 0.5) is 0 Å². The van der Waals surface area contributed by atoms with Crippen LogP contribution in [0.2, 0.25) is 0 Å². The van der Waals surface area contributed by atoms with Crippen molar-refractivity contribution in [3.8, 4) is 0 Å². The molecule has 0 heterocycles. The summed E-state index contributed by atoms with van der Waals surface area (Å²) in [5, 5.41) is 10.5. The van der Waals surface area contributed by atoms with Crippen molar-refractivity contribution in [3.05, 3.63) is 71.8 Å². The summed E-state index contributed by atoms with van der Waals surface area (Å²) < 4.78 is 0. The summed E-state index contributed by atoms with van der Waals surface area (Å²) in [6.07, 6.45) is -0.417. The van der Waals surface area contributed by atoms with E-state index in [0.717, 1.165) is 11.1 Å². The Kier molecular flexibility index (Phi) is 6.93. The molecule has 1 atom stereocenters. The van der Waals surface area contributed by atoms with Gasteiger partial charge in [0.2, 0.25) is 0 Å². The van der Waals surface area contributed by atoms with Crippen LogP contribution in [-0.4, -0.2) is 36.8 Å². The fraction of sp³-hybridized carbons (Fsp3) is 0.294. The van der Waals surface area contributed by atoms with Crippen LogP contribution in [-0.2, 0) is 0 Å². The molecule has 0 fully saturated rings. The third-order valence-corrected chi connectivity index (χ3v) is 3.25. The fourth-order valence-corrected chi connectivity index (χ4v) is 2.44. The van der Waals surface area contributed by atoms with Crippen LogP contribution in [0, 0.1) is 0 Å². The summed E-state index contributed by atoms with van der Waals surface area (Å²) in [6.45, 7) is 0.647. The topological polar surface area (TPSA) is 23.5 Å². The summed E-state index contributed by atoms with van der Waals surface area (Å²) in [6, 6.07) is 20.4. The zero-order chi connectivity index (χ0) is 13.7. The first-order valence-electron chi connectivity index (χ1n) is 6.61. The first-order valence-corrected chi connectivity index (χ1v) is 6.61. The third-order valence-electron chi connectivity index (χ3n) is 3.25. The van der Waals surface area contributed by atoms with E-state index in [2.05, 4.69) is 24.3 Å². The number of hydrogen-bond acceptors (Lipinski definition) is 2. The highest BCUT2D eigenvalue weighted by Gasteiger charge is 2.23. The Morgan fingerprint density at radius 1 is 0.850 bits per heavy atom. The summed E-state index contributed by atoms with van der Waals surface area (Å²) in [5.41, 5.74) is 2.31. The number of aliphatic hydroxyl groups is 1. The molecule has 108 valence electrons. The van der Waals surface area contributed by atoms with E-state index in [-0.39, 0.29) is 22.9 Å². The molecule has 0 aliphatic heterocycles. The van der Waals surface area contributed by atoms with Gasteiger partial charge < -0.3 is 10.0 Å². The maximum atomic E-state index is 10.5. The van der Waals surface area contributed by atoms with E-state index in [0.29, 0.717) is 6.54 Å². The van der Waals surface area contributed by atoms with Crippen molar-refractivity contribution in [1.29, 1.82) is 0 Å². The third kappa shape index (κ3) is 4.44. The minimum atomic E-state index is -0.417. The summed E-state index contributed by atoms with van der Waals surface area (Å²) >= 11 is 0. The van der Waals surface area contributed by atoms with Crippen molar-refractivity contribution in [2.24, 2.45) is 0 Å². The van der Waals surface area contributed by atoms with Crippen molar-refractivity contribution < 1.29 is 5.11 Å². The van der Waals surface area contributed by atoms with E-state index in [1.807, 2.05) is 55.4 Å². The molecule has 0 saturated heterocycles. The minimum absolute atomic E-state index is 0. The van der Waals surface area contributed by atoms with Crippen molar-refractivity contribution in [2.75, 3.05) is 20.6 Å². The van der Waals surface area contributed by atoms with E-state index in [1.54, 1.807) is 0 Å². The van der Waals surface area contributed by atoms with Gasteiger partial charge in [0, 0.05) is 12.5 Å². The van der Waals surface area contributed by atoms with E-state index >= 15 is 0 Å². The fourth-order valence-electron chi connectivity index (χ4n) is 2.44. The highest BCUT2D eigenvalue weighted by atomic mass is 79.9. The molecule has 0 radical (unpaired) electrons. The Morgan fingerprint density at radius 2 is 1.25 bits per heavy atom. The lowest BCUT2D eigenvalue weighted by molar-refractivity contribution is 0.121. The number of benzene rings is 2. The van der Waals surface area contributed by atoms with Gasteiger partial charge in [-0.15, -0.1) is 17.0 Å². The Bertz CT molecular complexity index is 447. The number of hydrogen-bond donors (Lipinski definition) is 1. The highest BCUT2D eigenvalue weighted by Crippen LogP contribution is 2.28. The summed E-state index contributed by atoms with van der Waals surface area (Å²) in [4.78, 5) is 2.02. The second-order valence-electron chi connectivity index (χ2n) is 5.13. The van der Waals surface area contributed by atoms with E-state index in [1.165, 1.54) is 0 Å². The number of likely N-dealkylation sites (N-methyl/N-ethyl adjacent to an activating group) is 1. The number of aliphatic hydroxyl groups excluding tert-OH is 1. The summed E-state index contributed by atoms with van der Waals surface area (Å²) in [5.74, 6) is 0.0183. The number of nitrogens with zero attached hydrogens (tertiary/aromatic N) is 1. The van der Waals surface area contributed by atoms with E-state index in [4.69, 9.17) is 0 Å². The lowest BCUT2D eigenvalue weighted by Crippen LogP contribution is -2.31. The largest absolute Gasteiger partial charge is 0.391 e. The number of rotatable bonds is 5. The normalized spacial score (nSPS) is 12.2. The average molecular weight is 336 g/mol. The van der Waals surface area contributed by atoms with Crippen LogP contribution in [0.1, 0.15) is 17.0 Å². The smallest absolute Gasteiger partial charge is 0.0775 e. The van der Waals surface area contributed by atoms with Gasteiger partial charge in [-0.25, -0.2) is 0 Å². The molecule has 2 aromatic carbocycles. The van der Waals surface area contributed by atoms with Crippen LogP contribution < -0.4 is 0 Å². The van der Waals surface area contributed by atoms with Gasteiger partial charge in [-0.05, 0) is 25.2 Å². The number of halogens is 1. The van der Waals surface area contributed by atoms with Gasteiger partial charge in [-0.1, -0.05) is 60.7 Å². The van der Waals surface area contributed by atoms with Gasteiger partial charge in [0.1, 0.15) is 0 Å². The molecular weight excluding hydrogens is 314 g/mol. The monoisotopic (exact) mass is 335 g/mol. The molecule has 0 aromatic heterocycles. The molecule has 3 heteroatoms. The van der Waals surface area contributed by atoms with Crippen molar-refractivity contribution in [3.63, 3.8) is 0 Å². The Labute approximate surface area is 131 Å². The van der Waals surface area contributed by atoms with Crippen molar-refractivity contribution >= 4 is 17.0 Å². The molecule has 1 N–H and O–H groups in total. The molecule has 20 heavy (non-hydrogen) atoms. The highest BCUT2D eigenvalue weighted by molar-refractivity contribution is 8.93. The van der Waals surface area contributed by atoms with Gasteiger partial charge in [-0.2, -0.15) is 0 Å². The maximum absolute atomic E-state index is 10.5. The molecule has 2 aromatic rings. The lowest BCUT2D eigenvalue weighted by Gasteiger charge is -2.26. The molecule has 2 nitrogen and oxygen atoms in total. The standard InChI is InChI=1S/C17H21NO.BrH/c1-18(2)13-16(19)17(14-9-5-3-6-10-14)15-11-7-4-8-12-15;/h3-12,16-17,19H,13H2,1-2H3;1H/t16-;/m0./s1. The SMILES string of the molecule is Br.CN(C)C[C@H](O)C(c1ccccc1)c1ccccc1. The molecule has 0 aliphatic rings. The second kappa shape index (κ2) is 8.20. The van der Waals surface area contributed by atoms with Gasteiger partial charge in [-0.3, -0.25) is 0 Å². The van der Waals surface area contributed by atoms with Crippen LogP contribution in [0.25, 0.3) is 0 Å². The molecular formula is C17H22BrNO. The van der Waals surface area contributed by atoms with E-state index < -0.39 is 6.10 Å². The first kappa shape index (κ1) is 16.9. The van der Waals surface area contributed by atoms with Crippen LogP contribution >= 0.6 is 17.0 Å². The minimum Gasteiger partial charge on any atom is -0.391 e. The molecule has 0 unspecified atom stereocenters. The molecule has 0 spiro atoms. The molecule has 0 amide bonds. The predicted molar refractivity (Wildman–Crippen MR) is 89.6 cm³/mol. The first-order chi connectivity index (χ1) is 9.18. The Hall–Kier alpha value is -1.16. The lowest BCUT2D eigenvalue weighted by atomic mass is 9.86. The predicted octanol–water partition coefficient (Wildman–Crippen LogP) is 3.32. The van der Waals surface area contributed by atoms with Crippen molar-refractivity contribution in [2.45, 2.75) is 12.0 Å². The van der Waals surface area contributed by atoms with Crippen LogP contribution in [0.15, 0.2) is 60.7 Å². The Balaban J connectivity index is 0.00000200. The van der Waals surface area contributed by atoms with Crippen molar-refractivity contribution in [1.82, 2.24) is 4.90 Å². The van der Waals surface area contributed by atoms with Gasteiger partial charge in [0.05, 0.1) is 6.10 Å². The van der Waals surface area contributed by atoms with E-state index in [9.17, 15) is 5.11 Å². The second-order valence-corrected chi connectivity index (χ2v) is 5.13. The molecule has 0 aliphatic carbocycles. The van der Waals surface area contributed by atoms with Gasteiger partial charge in [0.15, 0.2) is 0 Å². The zero-order valence-electron chi connectivity index (χ0n) is 11.9. The Morgan fingerprint density at radius 3 is 1.60 bits per heavy atom. The molecule has 0 bridgehead atoms. The summed E-state index contributed by atoms with van der Waals surface area (Å²) in [7, 11) is 3.96. The quantitative estimate of drug-likeness (QED) is 0.905. The zero-order valence-corrected chi connectivity index (χ0v) is 13.7. The molecule has 2 rings (SSSR count). The maximum Gasteiger partial charge on any atom is 0.0775 e. The van der Waals surface area contributed by atoms with Crippen LogP contribution in [0.3, 0.4) is 0 Å². The average Bonchev–Trinajstić information content (AvgIpc) is 2.40. The van der Waals surface area contributed by atoms with Gasteiger partial charge in [0.25, 0.3) is 0 Å².